The van der Waals surface area contributed by atoms with Crippen LogP contribution in [0.15, 0.2) is 0 Å². The molecule has 15 heavy (non-hydrogen) atoms. The average molecular weight is 208 g/mol. The molecule has 0 aromatic heterocycles. The van der Waals surface area contributed by atoms with Crippen molar-refractivity contribution in [2.45, 2.75) is 45.3 Å². The molecule has 2 heterocycles. The molecule has 2 saturated heterocycles. The monoisotopic (exact) mass is 208 g/mol. The highest BCUT2D eigenvalue weighted by Gasteiger charge is 2.33. The summed E-state index contributed by atoms with van der Waals surface area (Å²) in [5.74, 6) is 0. The standard InChI is InChI=1S/C12H20N2O/c1-12(2,9-13)5-6-14-7-10-3-4-11(8-14)15-10/h10-11H,3-8H2,1-2H3. The Hall–Kier alpha value is -0.590. The highest BCUT2D eigenvalue weighted by molar-refractivity contribution is 4.93. The molecule has 2 fully saturated rings. The van der Waals surface area contributed by atoms with Crippen LogP contribution in [-0.4, -0.2) is 36.7 Å². The molecule has 3 heteroatoms. The van der Waals surface area contributed by atoms with Crippen molar-refractivity contribution in [3.63, 3.8) is 0 Å². The summed E-state index contributed by atoms with van der Waals surface area (Å²) >= 11 is 0. The lowest BCUT2D eigenvalue weighted by atomic mass is 9.91. The molecule has 2 unspecified atom stereocenters. The number of nitrogens with zero attached hydrogens (tertiary/aromatic N) is 2. The Morgan fingerprint density at radius 2 is 1.93 bits per heavy atom. The fourth-order valence-electron chi connectivity index (χ4n) is 2.38. The number of hydrogen-bond donors (Lipinski definition) is 0. The first kappa shape index (κ1) is 10.9. The van der Waals surface area contributed by atoms with Crippen LogP contribution in [0.25, 0.3) is 0 Å². The van der Waals surface area contributed by atoms with E-state index in [1.165, 1.54) is 12.8 Å². The van der Waals surface area contributed by atoms with Crippen molar-refractivity contribution in [3.05, 3.63) is 0 Å². The molecule has 2 aliphatic rings. The van der Waals surface area contributed by atoms with Gasteiger partial charge in [-0.1, -0.05) is 0 Å². The number of hydrogen-bond acceptors (Lipinski definition) is 3. The first-order valence-electron chi connectivity index (χ1n) is 5.88. The van der Waals surface area contributed by atoms with Crippen LogP contribution in [0.1, 0.15) is 33.1 Å². The summed E-state index contributed by atoms with van der Waals surface area (Å²) in [7, 11) is 0. The molecule has 0 aromatic carbocycles. The Bertz CT molecular complexity index is 257. The maximum absolute atomic E-state index is 8.95. The molecule has 0 spiro atoms. The zero-order chi connectivity index (χ0) is 10.9. The zero-order valence-corrected chi connectivity index (χ0v) is 9.70. The van der Waals surface area contributed by atoms with Crippen LogP contribution in [0.3, 0.4) is 0 Å². The lowest BCUT2D eigenvalue weighted by molar-refractivity contribution is -0.0400. The van der Waals surface area contributed by atoms with Crippen molar-refractivity contribution in [3.8, 4) is 6.07 Å². The fourth-order valence-corrected chi connectivity index (χ4v) is 2.38. The normalized spacial score (nSPS) is 31.5. The first-order valence-corrected chi connectivity index (χ1v) is 5.88. The molecule has 2 aliphatic heterocycles. The van der Waals surface area contributed by atoms with E-state index < -0.39 is 0 Å². The summed E-state index contributed by atoms with van der Waals surface area (Å²) in [6.45, 7) is 7.21. The highest BCUT2D eigenvalue weighted by Crippen LogP contribution is 2.27. The van der Waals surface area contributed by atoms with Crippen molar-refractivity contribution in [2.75, 3.05) is 19.6 Å². The second kappa shape index (κ2) is 4.11. The molecule has 0 N–H and O–H groups in total. The molecule has 3 nitrogen and oxygen atoms in total. The number of fused-ring (bicyclic) bond motifs is 2. The Balaban J connectivity index is 1.79. The molecule has 2 atom stereocenters. The molecule has 0 aliphatic carbocycles. The van der Waals surface area contributed by atoms with E-state index in [9.17, 15) is 0 Å². The Labute approximate surface area is 92.0 Å². The predicted octanol–water partition coefficient (Wildman–Crippen LogP) is 1.79. The van der Waals surface area contributed by atoms with E-state index in [1.807, 2.05) is 13.8 Å². The van der Waals surface area contributed by atoms with E-state index in [0.717, 1.165) is 26.1 Å². The van der Waals surface area contributed by atoms with Crippen molar-refractivity contribution in [1.29, 1.82) is 5.26 Å². The summed E-state index contributed by atoms with van der Waals surface area (Å²) in [4.78, 5) is 2.46. The maximum atomic E-state index is 8.95. The van der Waals surface area contributed by atoms with Gasteiger partial charge in [0.05, 0.1) is 23.7 Å². The topological polar surface area (TPSA) is 36.3 Å². The van der Waals surface area contributed by atoms with Crippen LogP contribution in [0.5, 0.6) is 0 Å². The smallest absolute Gasteiger partial charge is 0.0707 e. The fraction of sp³-hybridized carbons (Fsp3) is 0.917. The minimum Gasteiger partial charge on any atom is -0.372 e. The third kappa shape index (κ3) is 2.70. The van der Waals surface area contributed by atoms with Gasteiger partial charge in [-0.15, -0.1) is 0 Å². The molecule has 2 rings (SSSR count). The van der Waals surface area contributed by atoms with Gasteiger partial charge in [-0.3, -0.25) is 4.90 Å². The third-order valence-corrected chi connectivity index (χ3v) is 3.47. The summed E-state index contributed by atoms with van der Waals surface area (Å²) < 4.78 is 5.78. The Morgan fingerprint density at radius 1 is 1.33 bits per heavy atom. The lowest BCUT2D eigenvalue weighted by Crippen LogP contribution is -2.43. The van der Waals surface area contributed by atoms with Gasteiger partial charge in [-0.05, 0) is 39.7 Å². The molecule has 0 radical (unpaired) electrons. The van der Waals surface area contributed by atoms with Crippen LogP contribution in [-0.2, 0) is 4.74 Å². The minimum absolute atomic E-state index is 0.183. The zero-order valence-electron chi connectivity index (χ0n) is 9.70. The Kier molecular flexibility index (Phi) is 2.99. The van der Waals surface area contributed by atoms with Crippen LogP contribution in [0, 0.1) is 16.7 Å². The number of likely N-dealkylation sites (tertiary alicyclic amines) is 1. The van der Waals surface area contributed by atoms with Gasteiger partial charge in [-0.25, -0.2) is 0 Å². The number of ether oxygens (including phenoxy) is 1. The van der Waals surface area contributed by atoms with Crippen molar-refractivity contribution < 1.29 is 4.74 Å². The molecule has 2 bridgehead atoms. The Morgan fingerprint density at radius 3 is 2.47 bits per heavy atom. The van der Waals surface area contributed by atoms with Crippen molar-refractivity contribution in [2.24, 2.45) is 5.41 Å². The maximum Gasteiger partial charge on any atom is 0.0707 e. The molecule has 0 amide bonds. The number of morpholine rings is 1. The highest BCUT2D eigenvalue weighted by atomic mass is 16.5. The van der Waals surface area contributed by atoms with E-state index in [2.05, 4.69) is 11.0 Å². The van der Waals surface area contributed by atoms with Gasteiger partial charge >= 0.3 is 0 Å². The average Bonchev–Trinajstić information content (AvgIpc) is 2.55. The van der Waals surface area contributed by atoms with Gasteiger partial charge < -0.3 is 4.74 Å². The van der Waals surface area contributed by atoms with E-state index in [0.29, 0.717) is 12.2 Å². The van der Waals surface area contributed by atoms with E-state index in [-0.39, 0.29) is 5.41 Å². The molecular formula is C12H20N2O. The summed E-state index contributed by atoms with van der Waals surface area (Å²) in [5, 5.41) is 8.95. The lowest BCUT2D eigenvalue weighted by Gasteiger charge is -2.33. The molecule has 0 aromatic rings. The van der Waals surface area contributed by atoms with E-state index in [4.69, 9.17) is 10.00 Å². The second-order valence-electron chi connectivity index (χ2n) is 5.46. The molecular weight excluding hydrogens is 188 g/mol. The van der Waals surface area contributed by atoms with Gasteiger partial charge in [0.15, 0.2) is 0 Å². The molecule has 0 saturated carbocycles. The van der Waals surface area contributed by atoms with Crippen molar-refractivity contribution >= 4 is 0 Å². The van der Waals surface area contributed by atoms with Gasteiger partial charge in [0, 0.05) is 13.1 Å². The van der Waals surface area contributed by atoms with E-state index >= 15 is 0 Å². The quantitative estimate of drug-likeness (QED) is 0.709. The third-order valence-electron chi connectivity index (χ3n) is 3.47. The predicted molar refractivity (Wildman–Crippen MR) is 58.3 cm³/mol. The van der Waals surface area contributed by atoms with Gasteiger partial charge in [0.2, 0.25) is 0 Å². The van der Waals surface area contributed by atoms with Gasteiger partial charge in [-0.2, -0.15) is 5.26 Å². The second-order valence-corrected chi connectivity index (χ2v) is 5.46. The summed E-state index contributed by atoms with van der Waals surface area (Å²) in [6.07, 6.45) is 4.34. The van der Waals surface area contributed by atoms with Crippen LogP contribution >= 0.6 is 0 Å². The largest absolute Gasteiger partial charge is 0.372 e. The first-order chi connectivity index (χ1) is 7.09. The van der Waals surface area contributed by atoms with E-state index in [1.54, 1.807) is 0 Å². The van der Waals surface area contributed by atoms with Crippen molar-refractivity contribution in [1.82, 2.24) is 4.90 Å². The number of nitriles is 1. The minimum atomic E-state index is -0.183. The SMILES string of the molecule is CC(C)(C#N)CCN1CC2CCC(C1)O2. The summed E-state index contributed by atoms with van der Waals surface area (Å²) in [6, 6.07) is 2.36. The van der Waals surface area contributed by atoms with Gasteiger partial charge in [0.25, 0.3) is 0 Å². The van der Waals surface area contributed by atoms with Crippen LogP contribution in [0.4, 0.5) is 0 Å². The van der Waals surface area contributed by atoms with Crippen LogP contribution in [0.2, 0.25) is 0 Å². The molecule has 84 valence electrons. The number of rotatable bonds is 3. The summed E-state index contributed by atoms with van der Waals surface area (Å²) in [5.41, 5.74) is -0.183. The van der Waals surface area contributed by atoms with Crippen LogP contribution < -0.4 is 0 Å². The van der Waals surface area contributed by atoms with Gasteiger partial charge in [0.1, 0.15) is 0 Å².